The fourth-order valence-corrected chi connectivity index (χ4v) is 1.14. The zero-order valence-corrected chi connectivity index (χ0v) is 10.1. The van der Waals surface area contributed by atoms with Crippen LogP contribution in [0.25, 0.3) is 0 Å². The molecule has 100 valence electrons. The molecule has 0 saturated heterocycles. The van der Waals surface area contributed by atoms with Crippen LogP contribution >= 0.6 is 11.6 Å². The summed E-state index contributed by atoms with van der Waals surface area (Å²) in [6.07, 6.45) is 0. The average molecular weight is 280 g/mol. The van der Waals surface area contributed by atoms with Crippen LogP contribution in [-0.2, 0) is 4.79 Å². The predicted molar refractivity (Wildman–Crippen MR) is 62.0 cm³/mol. The van der Waals surface area contributed by atoms with Gasteiger partial charge in [0, 0.05) is 5.02 Å². The number of aliphatic hydroxyl groups excluding tert-OH is 1. The number of hydrogen-bond acceptors (Lipinski definition) is 3. The second kappa shape index (κ2) is 6.51. The van der Waals surface area contributed by atoms with Gasteiger partial charge in [-0.05, 0) is 24.3 Å². The van der Waals surface area contributed by atoms with Gasteiger partial charge in [0.1, 0.15) is 12.4 Å². The molecule has 1 rings (SSSR count). The lowest BCUT2D eigenvalue weighted by Crippen LogP contribution is -2.40. The monoisotopic (exact) mass is 279 g/mol. The van der Waals surface area contributed by atoms with Crippen molar-refractivity contribution in [2.75, 3.05) is 19.8 Å². The molecule has 0 fully saturated rings. The van der Waals surface area contributed by atoms with Crippen molar-refractivity contribution in [3.8, 4) is 5.75 Å². The van der Waals surface area contributed by atoms with E-state index in [1.165, 1.54) is 0 Å². The maximum Gasteiger partial charge on any atom is 0.287 e. The van der Waals surface area contributed by atoms with E-state index in [9.17, 15) is 13.6 Å². The molecule has 0 bridgehead atoms. The van der Waals surface area contributed by atoms with Gasteiger partial charge >= 0.3 is 0 Å². The van der Waals surface area contributed by atoms with E-state index in [0.29, 0.717) is 10.8 Å². The molecule has 0 radical (unpaired) electrons. The zero-order chi connectivity index (χ0) is 13.6. The number of halogens is 3. The molecule has 0 aliphatic carbocycles. The molecule has 18 heavy (non-hydrogen) atoms. The lowest BCUT2D eigenvalue weighted by Gasteiger charge is -2.14. The number of alkyl halides is 2. The number of ether oxygens (including phenoxy) is 1. The molecule has 0 heterocycles. The number of aliphatic hydroxyl groups is 1. The minimum absolute atomic E-state index is 0.386. The third kappa shape index (κ3) is 5.29. The lowest BCUT2D eigenvalue weighted by atomic mass is 10.3. The van der Waals surface area contributed by atoms with Crippen LogP contribution < -0.4 is 10.1 Å². The van der Waals surface area contributed by atoms with Gasteiger partial charge in [0.05, 0.1) is 6.54 Å². The second-order valence-corrected chi connectivity index (χ2v) is 3.97. The van der Waals surface area contributed by atoms with Crippen LogP contribution in [0.1, 0.15) is 0 Å². The van der Waals surface area contributed by atoms with E-state index in [2.05, 4.69) is 0 Å². The van der Waals surface area contributed by atoms with Gasteiger partial charge in [0.25, 0.3) is 11.8 Å². The molecule has 0 aliphatic rings. The molecule has 0 atom stereocenters. The van der Waals surface area contributed by atoms with Crippen molar-refractivity contribution < 1.29 is 23.4 Å². The summed E-state index contributed by atoms with van der Waals surface area (Å²) in [5, 5.41) is 10.8. The Morgan fingerprint density at radius 1 is 1.39 bits per heavy atom. The fourth-order valence-electron chi connectivity index (χ4n) is 1.01. The summed E-state index contributed by atoms with van der Waals surface area (Å²) in [5.74, 6) is -3.61. The predicted octanol–water partition coefficient (Wildman–Crippen LogP) is 1.46. The Morgan fingerprint density at radius 3 is 2.56 bits per heavy atom. The highest BCUT2D eigenvalue weighted by Gasteiger charge is 2.28. The topological polar surface area (TPSA) is 58.6 Å². The van der Waals surface area contributed by atoms with Crippen molar-refractivity contribution in [2.45, 2.75) is 5.92 Å². The minimum atomic E-state index is -3.32. The summed E-state index contributed by atoms with van der Waals surface area (Å²) >= 11 is 5.65. The van der Waals surface area contributed by atoms with Crippen molar-refractivity contribution in [1.29, 1.82) is 0 Å². The van der Waals surface area contributed by atoms with E-state index in [1.54, 1.807) is 24.3 Å². The molecule has 7 heteroatoms. The van der Waals surface area contributed by atoms with Gasteiger partial charge < -0.3 is 15.2 Å². The second-order valence-electron chi connectivity index (χ2n) is 3.53. The number of amides is 1. The molecular formula is C11H12ClF2NO3. The number of hydrogen-bond donors (Lipinski definition) is 2. The smallest absolute Gasteiger partial charge is 0.287 e. The highest BCUT2D eigenvalue weighted by atomic mass is 35.5. The van der Waals surface area contributed by atoms with Crippen molar-refractivity contribution in [3.63, 3.8) is 0 Å². The Hall–Kier alpha value is -1.40. The highest BCUT2D eigenvalue weighted by Crippen LogP contribution is 2.15. The summed E-state index contributed by atoms with van der Waals surface area (Å²) < 4.78 is 30.2. The van der Waals surface area contributed by atoms with E-state index < -0.39 is 25.0 Å². The van der Waals surface area contributed by atoms with Crippen LogP contribution in [0.5, 0.6) is 5.75 Å². The van der Waals surface area contributed by atoms with Gasteiger partial charge in [-0.2, -0.15) is 0 Å². The number of rotatable bonds is 6. The lowest BCUT2D eigenvalue weighted by molar-refractivity contribution is -0.126. The van der Waals surface area contributed by atoms with Gasteiger partial charge in [-0.1, -0.05) is 11.6 Å². The molecule has 1 aromatic carbocycles. The first-order chi connectivity index (χ1) is 8.43. The maximum atomic E-state index is 12.6. The SMILES string of the molecule is O=C(COc1ccc(Cl)cc1)NCC(F)(F)CO. The van der Waals surface area contributed by atoms with Gasteiger partial charge in [0.15, 0.2) is 6.61 Å². The van der Waals surface area contributed by atoms with Crippen LogP contribution in [0.3, 0.4) is 0 Å². The first-order valence-corrected chi connectivity index (χ1v) is 5.44. The largest absolute Gasteiger partial charge is 0.484 e. The Labute approximate surface area is 108 Å². The van der Waals surface area contributed by atoms with E-state index in [4.69, 9.17) is 21.4 Å². The van der Waals surface area contributed by atoms with E-state index in [-0.39, 0.29) is 6.61 Å². The number of carbonyl (C=O) groups is 1. The van der Waals surface area contributed by atoms with Crippen LogP contribution in [0, 0.1) is 0 Å². The molecule has 1 aromatic rings. The van der Waals surface area contributed by atoms with E-state index in [1.807, 2.05) is 5.32 Å². The summed E-state index contributed by atoms with van der Waals surface area (Å²) in [4.78, 5) is 11.2. The van der Waals surface area contributed by atoms with Crippen LogP contribution in [0.15, 0.2) is 24.3 Å². The molecule has 0 unspecified atom stereocenters. The third-order valence-electron chi connectivity index (χ3n) is 1.96. The average Bonchev–Trinajstić information content (AvgIpc) is 2.36. The van der Waals surface area contributed by atoms with Crippen LogP contribution in [0.4, 0.5) is 8.78 Å². The number of nitrogens with one attached hydrogen (secondary N) is 1. The normalized spacial score (nSPS) is 11.1. The molecular weight excluding hydrogens is 268 g/mol. The molecule has 0 saturated carbocycles. The maximum absolute atomic E-state index is 12.6. The molecule has 4 nitrogen and oxygen atoms in total. The zero-order valence-electron chi connectivity index (χ0n) is 9.33. The summed E-state index contributed by atoms with van der Waals surface area (Å²) in [5.41, 5.74) is 0. The third-order valence-corrected chi connectivity index (χ3v) is 2.21. The van der Waals surface area contributed by atoms with Gasteiger partial charge in [0.2, 0.25) is 0 Å². The van der Waals surface area contributed by atoms with E-state index in [0.717, 1.165) is 0 Å². The Bertz CT molecular complexity index is 398. The van der Waals surface area contributed by atoms with Crippen LogP contribution in [0.2, 0.25) is 5.02 Å². The highest BCUT2D eigenvalue weighted by molar-refractivity contribution is 6.30. The van der Waals surface area contributed by atoms with Gasteiger partial charge in [-0.15, -0.1) is 0 Å². The Kier molecular flexibility index (Phi) is 5.30. The molecule has 0 spiro atoms. The summed E-state index contributed by atoms with van der Waals surface area (Å²) in [6, 6.07) is 6.26. The standard InChI is InChI=1S/C11H12ClF2NO3/c12-8-1-3-9(4-2-8)18-5-10(17)15-6-11(13,14)7-16/h1-4,16H,5-7H2,(H,15,17). The van der Waals surface area contributed by atoms with Crippen LogP contribution in [-0.4, -0.2) is 36.7 Å². The summed E-state index contributed by atoms with van der Waals surface area (Å²) in [6.45, 7) is -2.62. The first kappa shape index (κ1) is 14.7. The number of benzene rings is 1. The van der Waals surface area contributed by atoms with Gasteiger partial charge in [-0.3, -0.25) is 4.79 Å². The molecule has 0 aromatic heterocycles. The van der Waals surface area contributed by atoms with Crippen molar-refractivity contribution in [3.05, 3.63) is 29.3 Å². The van der Waals surface area contributed by atoms with Crippen molar-refractivity contribution >= 4 is 17.5 Å². The van der Waals surface area contributed by atoms with E-state index >= 15 is 0 Å². The minimum Gasteiger partial charge on any atom is -0.484 e. The summed E-state index contributed by atoms with van der Waals surface area (Å²) in [7, 11) is 0. The molecule has 0 aliphatic heterocycles. The Balaban J connectivity index is 2.31. The quantitative estimate of drug-likeness (QED) is 0.829. The van der Waals surface area contributed by atoms with Crippen molar-refractivity contribution in [2.24, 2.45) is 0 Å². The van der Waals surface area contributed by atoms with Gasteiger partial charge in [-0.25, -0.2) is 8.78 Å². The fraction of sp³-hybridized carbons (Fsp3) is 0.364. The molecule has 1 amide bonds. The first-order valence-electron chi connectivity index (χ1n) is 5.07. The number of carbonyl (C=O) groups excluding carboxylic acids is 1. The Morgan fingerprint density at radius 2 is 2.00 bits per heavy atom. The molecule has 2 N–H and O–H groups in total. The van der Waals surface area contributed by atoms with Crippen molar-refractivity contribution in [1.82, 2.24) is 5.32 Å².